The van der Waals surface area contributed by atoms with Gasteiger partial charge in [-0.05, 0) is 0 Å². The molecule has 0 aromatic rings. The fourth-order valence-corrected chi connectivity index (χ4v) is 0.277. The molecule has 9 heavy (non-hydrogen) atoms. The molecule has 5 heteroatoms. The lowest BCUT2D eigenvalue weighted by Gasteiger charge is -2.22. The Hall–Kier alpha value is -0.760. The molecule has 52 valence electrons. The van der Waals surface area contributed by atoms with Crippen LogP contribution in [0.3, 0.4) is 0 Å². The second-order valence-corrected chi connectivity index (χ2v) is 1.33. The molecule has 0 fully saturated rings. The summed E-state index contributed by atoms with van der Waals surface area (Å²) >= 11 is 0. The first-order valence-electron chi connectivity index (χ1n) is 2.07. The fraction of sp³-hybridized carbons (Fsp3) is 0.750. The van der Waals surface area contributed by atoms with Crippen LogP contribution in [-0.4, -0.2) is 19.3 Å². The van der Waals surface area contributed by atoms with Gasteiger partial charge in [0.25, 0.3) is 0 Å². The van der Waals surface area contributed by atoms with Gasteiger partial charge < -0.3 is 5.32 Å². The minimum atomic E-state index is -4.51. The smallest absolute Gasteiger partial charge is 0.386 e. The third-order valence-electron chi connectivity index (χ3n) is 0.691. The molecule has 0 saturated carbocycles. The molecule has 0 bridgehead atoms. The average Bonchev–Trinajstić information content (AvgIpc) is 1.65. The number of hydrogen-bond donors (Lipinski definition) is 0. The summed E-state index contributed by atoms with van der Waals surface area (Å²) in [5.41, 5.74) is 0. The molecular formula is C4H4F3N2-. The summed E-state index contributed by atoms with van der Waals surface area (Å²) in [6.45, 7) is 0. The van der Waals surface area contributed by atoms with E-state index in [2.05, 4.69) is 5.32 Å². The maximum Gasteiger partial charge on any atom is 0.386 e. The van der Waals surface area contributed by atoms with E-state index in [1.165, 1.54) is 0 Å². The summed E-state index contributed by atoms with van der Waals surface area (Å²) < 4.78 is 34.2. The molecular weight excluding hydrogens is 133 g/mol. The number of alkyl halides is 3. The highest BCUT2D eigenvalue weighted by Gasteiger charge is 2.31. The van der Waals surface area contributed by atoms with Crippen molar-refractivity contribution in [2.75, 3.05) is 7.05 Å². The van der Waals surface area contributed by atoms with Gasteiger partial charge in [0.1, 0.15) is 0 Å². The maximum atomic E-state index is 11.4. The van der Waals surface area contributed by atoms with Crippen molar-refractivity contribution in [1.82, 2.24) is 0 Å². The van der Waals surface area contributed by atoms with Crippen LogP contribution >= 0.6 is 0 Å². The Bertz CT molecular complexity index is 123. The van der Waals surface area contributed by atoms with Gasteiger partial charge in [0, 0.05) is 0 Å². The van der Waals surface area contributed by atoms with Crippen LogP contribution in [-0.2, 0) is 0 Å². The first-order valence-corrected chi connectivity index (χ1v) is 2.07. The second-order valence-electron chi connectivity index (χ2n) is 1.33. The Balaban J connectivity index is 4.00. The van der Waals surface area contributed by atoms with Crippen LogP contribution in [0, 0.1) is 11.3 Å². The zero-order valence-corrected chi connectivity index (χ0v) is 4.61. The number of nitrogens with zero attached hydrogens (tertiary/aromatic N) is 2. The van der Waals surface area contributed by atoms with Crippen LogP contribution in [0.1, 0.15) is 0 Å². The Labute approximate surface area is 50.3 Å². The standard InChI is InChI=1S/C4H4F3N2/c1-9-3(2-8)4(5,6)7/h3H,1H3/q-1. The van der Waals surface area contributed by atoms with E-state index in [1.54, 1.807) is 0 Å². The number of nitriles is 1. The topological polar surface area (TPSA) is 37.9 Å². The fourth-order valence-electron chi connectivity index (χ4n) is 0.277. The molecule has 0 radical (unpaired) electrons. The molecule has 0 amide bonds. The summed E-state index contributed by atoms with van der Waals surface area (Å²) in [5.74, 6) is 0. The van der Waals surface area contributed by atoms with Crippen molar-refractivity contribution in [2.24, 2.45) is 0 Å². The molecule has 0 aliphatic carbocycles. The van der Waals surface area contributed by atoms with Gasteiger partial charge in [0.15, 0.2) is 0 Å². The lowest BCUT2D eigenvalue weighted by Crippen LogP contribution is -2.25. The Morgan fingerprint density at radius 1 is 1.56 bits per heavy atom. The SMILES string of the molecule is C[N-]C(C#N)C(F)(F)F. The van der Waals surface area contributed by atoms with E-state index < -0.39 is 12.2 Å². The van der Waals surface area contributed by atoms with E-state index in [9.17, 15) is 13.2 Å². The quantitative estimate of drug-likeness (QED) is 0.538. The summed E-state index contributed by atoms with van der Waals surface area (Å²) in [7, 11) is 0.960. The van der Waals surface area contributed by atoms with Crippen molar-refractivity contribution in [3.8, 4) is 6.07 Å². The highest BCUT2D eigenvalue weighted by Crippen LogP contribution is 2.23. The molecule has 0 aromatic carbocycles. The predicted molar refractivity (Wildman–Crippen MR) is 24.7 cm³/mol. The summed E-state index contributed by atoms with van der Waals surface area (Å²) in [4.78, 5) is 0. The normalized spacial score (nSPS) is 14.6. The first kappa shape index (κ1) is 8.24. The molecule has 0 heterocycles. The maximum absolute atomic E-state index is 11.4. The van der Waals surface area contributed by atoms with Gasteiger partial charge in [-0.25, -0.2) is 0 Å². The first-order chi connectivity index (χ1) is 4.02. The van der Waals surface area contributed by atoms with Crippen LogP contribution in [0.4, 0.5) is 13.2 Å². The molecule has 0 aromatic heterocycles. The third kappa shape index (κ3) is 2.33. The van der Waals surface area contributed by atoms with Gasteiger partial charge in [-0.3, -0.25) is 0 Å². The number of hydrogen-bond acceptors (Lipinski definition) is 1. The lowest BCUT2D eigenvalue weighted by molar-refractivity contribution is -0.128. The van der Waals surface area contributed by atoms with Gasteiger partial charge in [-0.1, -0.05) is 0 Å². The molecule has 0 rings (SSSR count). The zero-order chi connectivity index (χ0) is 7.49. The molecule has 1 atom stereocenters. The summed E-state index contributed by atoms with van der Waals surface area (Å²) in [6.07, 6.45) is -4.51. The second kappa shape index (κ2) is 2.69. The highest BCUT2D eigenvalue weighted by atomic mass is 19.4. The van der Waals surface area contributed by atoms with Crippen molar-refractivity contribution >= 4 is 0 Å². The van der Waals surface area contributed by atoms with Crippen molar-refractivity contribution < 1.29 is 13.2 Å². The van der Waals surface area contributed by atoms with Crippen molar-refractivity contribution in [3.05, 3.63) is 5.32 Å². The molecule has 0 N–H and O–H groups in total. The van der Waals surface area contributed by atoms with Gasteiger partial charge >= 0.3 is 6.18 Å². The minimum Gasteiger partial charge on any atom is -0.642 e. The third-order valence-corrected chi connectivity index (χ3v) is 0.691. The molecule has 0 aliphatic heterocycles. The van der Waals surface area contributed by atoms with Crippen LogP contribution < -0.4 is 0 Å². The highest BCUT2D eigenvalue weighted by molar-refractivity contribution is 5.07. The van der Waals surface area contributed by atoms with Gasteiger partial charge in [0.05, 0.1) is 12.1 Å². The molecule has 0 aliphatic rings. The van der Waals surface area contributed by atoms with Crippen LogP contribution in [0.5, 0.6) is 0 Å². The molecule has 0 spiro atoms. The van der Waals surface area contributed by atoms with Crippen LogP contribution in [0.15, 0.2) is 0 Å². The number of rotatable bonds is 1. The van der Waals surface area contributed by atoms with E-state index in [-0.39, 0.29) is 0 Å². The van der Waals surface area contributed by atoms with E-state index in [0.717, 1.165) is 13.1 Å². The molecule has 1 unspecified atom stereocenters. The lowest BCUT2D eigenvalue weighted by atomic mass is 10.3. The summed E-state index contributed by atoms with van der Waals surface area (Å²) in [5, 5.41) is 10.6. The number of halogens is 3. The largest absolute Gasteiger partial charge is 0.642 e. The average molecular weight is 137 g/mol. The van der Waals surface area contributed by atoms with E-state index in [0.29, 0.717) is 0 Å². The molecule has 0 saturated heterocycles. The summed E-state index contributed by atoms with van der Waals surface area (Å²) in [6, 6.07) is -1.17. The minimum absolute atomic E-state index is 0.960. The van der Waals surface area contributed by atoms with Crippen molar-refractivity contribution in [1.29, 1.82) is 5.26 Å². The van der Waals surface area contributed by atoms with E-state index in [1.807, 2.05) is 0 Å². The Morgan fingerprint density at radius 2 is 2.00 bits per heavy atom. The van der Waals surface area contributed by atoms with E-state index in [4.69, 9.17) is 5.26 Å². The predicted octanol–water partition coefficient (Wildman–Crippen LogP) is 1.44. The van der Waals surface area contributed by atoms with Crippen molar-refractivity contribution in [3.63, 3.8) is 0 Å². The van der Waals surface area contributed by atoms with Crippen LogP contribution in [0.2, 0.25) is 0 Å². The van der Waals surface area contributed by atoms with Gasteiger partial charge in [0.2, 0.25) is 0 Å². The Morgan fingerprint density at radius 3 is 2.00 bits per heavy atom. The van der Waals surface area contributed by atoms with Crippen LogP contribution in [0.25, 0.3) is 5.32 Å². The Kier molecular flexibility index (Phi) is 2.46. The van der Waals surface area contributed by atoms with Gasteiger partial charge in [-0.2, -0.15) is 25.5 Å². The zero-order valence-electron chi connectivity index (χ0n) is 4.61. The van der Waals surface area contributed by atoms with Gasteiger partial charge in [-0.15, -0.1) is 0 Å². The van der Waals surface area contributed by atoms with Crippen molar-refractivity contribution in [2.45, 2.75) is 12.2 Å². The monoisotopic (exact) mass is 137 g/mol. The molecule has 2 nitrogen and oxygen atoms in total. The van der Waals surface area contributed by atoms with E-state index >= 15 is 0 Å².